The van der Waals surface area contributed by atoms with Gasteiger partial charge in [-0.15, -0.1) is 0 Å². The first-order chi connectivity index (χ1) is 8.13. The number of hydrogen-bond acceptors (Lipinski definition) is 4. The number of hydrogen-bond donors (Lipinski definition) is 2. The molecule has 1 atom stereocenters. The Labute approximate surface area is 99.6 Å². The maximum atomic E-state index is 10.6. The highest BCUT2D eigenvalue weighted by molar-refractivity contribution is 5.87. The highest BCUT2D eigenvalue weighted by Crippen LogP contribution is 2.12. The monoisotopic (exact) mass is 240 g/mol. The second kappa shape index (κ2) is 6.88. The number of rotatable bonds is 7. The van der Waals surface area contributed by atoms with Crippen LogP contribution in [0.1, 0.15) is 17.3 Å². The first-order valence-electron chi connectivity index (χ1n) is 5.35. The number of carboxylic acid groups (broad SMARTS) is 1. The Kier molecular flexibility index (Phi) is 5.45. The van der Waals surface area contributed by atoms with E-state index >= 15 is 0 Å². The van der Waals surface area contributed by atoms with E-state index in [2.05, 4.69) is 0 Å². The van der Waals surface area contributed by atoms with Gasteiger partial charge in [0.25, 0.3) is 0 Å². The van der Waals surface area contributed by atoms with Crippen LogP contribution < -0.4 is 4.74 Å². The number of carbonyl (C=O) groups is 1. The Hall–Kier alpha value is -1.59. The van der Waals surface area contributed by atoms with E-state index in [1.54, 1.807) is 12.1 Å². The fraction of sp³-hybridized carbons (Fsp3) is 0.417. The van der Waals surface area contributed by atoms with Gasteiger partial charge in [0.1, 0.15) is 18.5 Å². The van der Waals surface area contributed by atoms with Crippen molar-refractivity contribution in [3.8, 4) is 5.75 Å². The fourth-order valence-electron chi connectivity index (χ4n) is 1.19. The topological polar surface area (TPSA) is 76.0 Å². The molecule has 0 spiro atoms. The molecule has 0 radical (unpaired) electrons. The quantitative estimate of drug-likeness (QED) is 0.748. The van der Waals surface area contributed by atoms with Crippen molar-refractivity contribution >= 4 is 5.97 Å². The Morgan fingerprint density at radius 1 is 1.29 bits per heavy atom. The Morgan fingerprint density at radius 2 is 1.94 bits per heavy atom. The minimum absolute atomic E-state index is 0.117. The summed E-state index contributed by atoms with van der Waals surface area (Å²) in [6.45, 7) is 2.73. The molecule has 94 valence electrons. The minimum atomic E-state index is -0.979. The molecule has 0 heterocycles. The second-order valence-corrected chi connectivity index (χ2v) is 3.45. The molecule has 1 aromatic carbocycles. The van der Waals surface area contributed by atoms with Gasteiger partial charge in [-0.1, -0.05) is 0 Å². The van der Waals surface area contributed by atoms with Gasteiger partial charge in [0.15, 0.2) is 0 Å². The molecule has 1 unspecified atom stereocenters. The molecule has 1 rings (SSSR count). The van der Waals surface area contributed by atoms with Gasteiger partial charge in [0.2, 0.25) is 0 Å². The van der Waals surface area contributed by atoms with Crippen molar-refractivity contribution in [2.75, 3.05) is 19.8 Å². The van der Waals surface area contributed by atoms with Gasteiger partial charge >= 0.3 is 5.97 Å². The van der Waals surface area contributed by atoms with Crippen LogP contribution in [0.3, 0.4) is 0 Å². The van der Waals surface area contributed by atoms with E-state index in [1.807, 2.05) is 6.92 Å². The van der Waals surface area contributed by atoms with Crippen LogP contribution in [0, 0.1) is 0 Å². The molecule has 5 nitrogen and oxygen atoms in total. The van der Waals surface area contributed by atoms with Crippen molar-refractivity contribution in [3.63, 3.8) is 0 Å². The van der Waals surface area contributed by atoms with Crippen molar-refractivity contribution < 1.29 is 24.5 Å². The molecule has 5 heteroatoms. The zero-order valence-electron chi connectivity index (χ0n) is 9.63. The largest absolute Gasteiger partial charge is 0.491 e. The summed E-state index contributed by atoms with van der Waals surface area (Å²) in [6.07, 6.45) is -0.686. The first kappa shape index (κ1) is 13.5. The van der Waals surface area contributed by atoms with E-state index in [0.717, 1.165) is 0 Å². The summed E-state index contributed by atoms with van der Waals surface area (Å²) in [4.78, 5) is 10.6. The second-order valence-electron chi connectivity index (χ2n) is 3.45. The summed E-state index contributed by atoms with van der Waals surface area (Å²) < 4.78 is 10.3. The lowest BCUT2D eigenvalue weighted by Gasteiger charge is -2.12. The molecule has 0 aliphatic rings. The van der Waals surface area contributed by atoms with Crippen molar-refractivity contribution in [2.24, 2.45) is 0 Å². The van der Waals surface area contributed by atoms with Crippen molar-refractivity contribution in [1.82, 2.24) is 0 Å². The van der Waals surface area contributed by atoms with Crippen molar-refractivity contribution in [1.29, 1.82) is 0 Å². The fourth-order valence-corrected chi connectivity index (χ4v) is 1.19. The predicted molar refractivity (Wildman–Crippen MR) is 61.4 cm³/mol. The summed E-state index contributed by atoms with van der Waals surface area (Å²) in [5.41, 5.74) is 0.201. The molecule has 0 saturated carbocycles. The highest BCUT2D eigenvalue weighted by atomic mass is 16.5. The van der Waals surface area contributed by atoms with Crippen molar-refractivity contribution in [2.45, 2.75) is 13.0 Å². The van der Waals surface area contributed by atoms with Gasteiger partial charge in [0.05, 0.1) is 12.2 Å². The van der Waals surface area contributed by atoms with Gasteiger partial charge in [0, 0.05) is 6.61 Å². The Balaban J connectivity index is 2.39. The molecular weight excluding hydrogens is 224 g/mol. The number of aliphatic hydroxyl groups is 1. The summed E-state index contributed by atoms with van der Waals surface area (Å²) in [5.74, 6) is -0.460. The molecular formula is C12H16O5. The van der Waals surface area contributed by atoms with Crippen LogP contribution in [0.15, 0.2) is 24.3 Å². The Bertz CT molecular complexity index is 346. The van der Waals surface area contributed by atoms with E-state index < -0.39 is 12.1 Å². The molecule has 0 bridgehead atoms. The number of aromatic carboxylic acids is 1. The number of aliphatic hydroxyl groups excluding tert-OH is 1. The van der Waals surface area contributed by atoms with Crippen LogP contribution in [0.25, 0.3) is 0 Å². The van der Waals surface area contributed by atoms with Crippen LogP contribution in [0.5, 0.6) is 5.75 Å². The lowest BCUT2D eigenvalue weighted by atomic mass is 10.2. The molecule has 2 N–H and O–H groups in total. The maximum Gasteiger partial charge on any atom is 0.335 e. The van der Waals surface area contributed by atoms with Gasteiger partial charge < -0.3 is 19.7 Å². The summed E-state index contributed by atoms with van der Waals surface area (Å²) >= 11 is 0. The maximum absolute atomic E-state index is 10.6. The highest BCUT2D eigenvalue weighted by Gasteiger charge is 2.06. The summed E-state index contributed by atoms with van der Waals surface area (Å²) in [6, 6.07) is 6.01. The SMILES string of the molecule is CCOCC(O)COc1ccc(C(=O)O)cc1. The molecule has 0 amide bonds. The van der Waals surface area contributed by atoms with Gasteiger partial charge in [-0.3, -0.25) is 0 Å². The van der Waals surface area contributed by atoms with Crippen LogP contribution in [0.2, 0.25) is 0 Å². The minimum Gasteiger partial charge on any atom is -0.491 e. The molecule has 1 aromatic rings. The molecule has 17 heavy (non-hydrogen) atoms. The standard InChI is InChI=1S/C12H16O5/c1-2-16-7-10(13)8-17-11-5-3-9(4-6-11)12(14)15/h3-6,10,13H,2,7-8H2,1H3,(H,14,15). The van der Waals surface area contributed by atoms with E-state index in [9.17, 15) is 9.90 Å². The van der Waals surface area contributed by atoms with Gasteiger partial charge in [-0.2, -0.15) is 0 Å². The molecule has 0 saturated heterocycles. The van der Waals surface area contributed by atoms with Crippen LogP contribution in [-0.2, 0) is 4.74 Å². The smallest absolute Gasteiger partial charge is 0.335 e. The number of carboxylic acids is 1. The third-order valence-corrected chi connectivity index (χ3v) is 2.06. The van der Waals surface area contributed by atoms with E-state index in [1.165, 1.54) is 12.1 Å². The van der Waals surface area contributed by atoms with E-state index in [0.29, 0.717) is 12.4 Å². The summed E-state index contributed by atoms with van der Waals surface area (Å²) in [7, 11) is 0. The lowest BCUT2D eigenvalue weighted by Crippen LogP contribution is -2.23. The molecule has 0 fully saturated rings. The average molecular weight is 240 g/mol. The molecule has 0 aliphatic carbocycles. The van der Waals surface area contributed by atoms with E-state index in [-0.39, 0.29) is 18.8 Å². The van der Waals surface area contributed by atoms with Crippen LogP contribution in [0.4, 0.5) is 0 Å². The summed E-state index contributed by atoms with van der Waals surface area (Å²) in [5, 5.41) is 18.1. The molecule has 0 aromatic heterocycles. The normalized spacial score (nSPS) is 12.1. The average Bonchev–Trinajstić information content (AvgIpc) is 2.34. The van der Waals surface area contributed by atoms with Crippen LogP contribution >= 0.6 is 0 Å². The first-order valence-corrected chi connectivity index (χ1v) is 5.35. The van der Waals surface area contributed by atoms with E-state index in [4.69, 9.17) is 14.6 Å². The molecule has 0 aliphatic heterocycles. The van der Waals surface area contributed by atoms with Crippen molar-refractivity contribution in [3.05, 3.63) is 29.8 Å². The van der Waals surface area contributed by atoms with Gasteiger partial charge in [-0.25, -0.2) is 4.79 Å². The lowest BCUT2D eigenvalue weighted by molar-refractivity contribution is 0.0164. The third-order valence-electron chi connectivity index (χ3n) is 2.06. The third kappa shape index (κ3) is 4.84. The Morgan fingerprint density at radius 3 is 2.47 bits per heavy atom. The predicted octanol–water partition coefficient (Wildman–Crippen LogP) is 1.16. The van der Waals surface area contributed by atoms with Gasteiger partial charge in [-0.05, 0) is 31.2 Å². The van der Waals surface area contributed by atoms with Crippen LogP contribution in [-0.4, -0.2) is 42.1 Å². The zero-order valence-corrected chi connectivity index (χ0v) is 9.63. The number of ether oxygens (including phenoxy) is 2. The zero-order chi connectivity index (χ0) is 12.7. The number of benzene rings is 1.